The highest BCUT2D eigenvalue weighted by molar-refractivity contribution is 4.70. The van der Waals surface area contributed by atoms with E-state index in [4.69, 9.17) is 18.9 Å². The van der Waals surface area contributed by atoms with Crippen molar-refractivity contribution in [2.45, 2.75) is 122 Å². The van der Waals surface area contributed by atoms with Gasteiger partial charge in [0.1, 0.15) is 12.2 Å². The Kier molecular flexibility index (Phi) is 14.3. The van der Waals surface area contributed by atoms with Crippen LogP contribution in [0.5, 0.6) is 0 Å². The molecule has 0 aromatic carbocycles. The zero-order valence-corrected chi connectivity index (χ0v) is 18.5. The smallest absolute Gasteiger partial charge is 0.104 e. The summed E-state index contributed by atoms with van der Waals surface area (Å²) in [6, 6.07) is 0. The van der Waals surface area contributed by atoms with Gasteiger partial charge in [-0.15, -0.1) is 0 Å². The van der Waals surface area contributed by atoms with Gasteiger partial charge in [0, 0.05) is 6.61 Å². The quantitative estimate of drug-likeness (QED) is 0.264. The van der Waals surface area contributed by atoms with Crippen molar-refractivity contribution in [3.63, 3.8) is 0 Å². The minimum atomic E-state index is 0.430. The monoisotopic (exact) mass is 398 g/mol. The van der Waals surface area contributed by atoms with Crippen LogP contribution in [0.25, 0.3) is 0 Å². The molecule has 3 rings (SSSR count). The van der Waals surface area contributed by atoms with Crippen molar-refractivity contribution in [2.75, 3.05) is 33.0 Å². The van der Waals surface area contributed by atoms with E-state index in [1.807, 2.05) is 0 Å². The van der Waals surface area contributed by atoms with Crippen molar-refractivity contribution in [1.29, 1.82) is 0 Å². The molecule has 0 radical (unpaired) electrons. The first-order valence-corrected chi connectivity index (χ1v) is 12.3. The minimum absolute atomic E-state index is 0.430. The molecule has 0 spiro atoms. The molecule has 2 heterocycles. The highest BCUT2D eigenvalue weighted by Crippen LogP contribution is 2.21. The molecule has 3 aliphatic rings. The number of rotatable bonds is 14. The maximum atomic E-state index is 5.82. The van der Waals surface area contributed by atoms with Gasteiger partial charge in [-0.25, -0.2) is 0 Å². The van der Waals surface area contributed by atoms with Crippen molar-refractivity contribution in [2.24, 2.45) is 0 Å². The molecule has 1 aliphatic carbocycles. The molecule has 0 N–H and O–H groups in total. The lowest BCUT2D eigenvalue weighted by Gasteiger charge is -2.19. The Morgan fingerprint density at radius 1 is 0.679 bits per heavy atom. The summed E-state index contributed by atoms with van der Waals surface area (Å²) < 4.78 is 21.5. The Morgan fingerprint density at radius 2 is 1.21 bits per heavy atom. The van der Waals surface area contributed by atoms with Gasteiger partial charge in [0.05, 0.1) is 32.5 Å². The third-order valence-corrected chi connectivity index (χ3v) is 5.82. The molecule has 4 nitrogen and oxygen atoms in total. The van der Waals surface area contributed by atoms with E-state index in [0.717, 1.165) is 33.0 Å². The first-order chi connectivity index (χ1) is 13.9. The van der Waals surface area contributed by atoms with Gasteiger partial charge in [-0.1, -0.05) is 84.0 Å². The van der Waals surface area contributed by atoms with E-state index >= 15 is 0 Å². The molecule has 0 bridgehead atoms. The number of unbranched alkanes of at least 4 members (excludes halogenated alkanes) is 7. The lowest BCUT2D eigenvalue weighted by molar-refractivity contribution is 0.0265. The van der Waals surface area contributed by atoms with Gasteiger partial charge < -0.3 is 18.9 Å². The van der Waals surface area contributed by atoms with E-state index in [2.05, 4.69) is 6.92 Å². The number of epoxide rings is 2. The Morgan fingerprint density at radius 3 is 1.82 bits per heavy atom. The molecule has 166 valence electrons. The Labute approximate surface area is 174 Å². The van der Waals surface area contributed by atoms with Crippen LogP contribution in [0.4, 0.5) is 0 Å². The summed E-state index contributed by atoms with van der Waals surface area (Å²) in [6.07, 6.45) is 21.8. The van der Waals surface area contributed by atoms with Gasteiger partial charge >= 0.3 is 0 Å². The maximum absolute atomic E-state index is 5.82. The molecule has 28 heavy (non-hydrogen) atoms. The Hall–Kier alpha value is -0.160. The average molecular weight is 399 g/mol. The van der Waals surface area contributed by atoms with Gasteiger partial charge in [-0.3, -0.25) is 0 Å². The number of ether oxygens (including phenoxy) is 4. The van der Waals surface area contributed by atoms with Gasteiger partial charge in [0.15, 0.2) is 0 Å². The van der Waals surface area contributed by atoms with Crippen molar-refractivity contribution in [3.05, 3.63) is 0 Å². The molecule has 0 amide bonds. The molecule has 0 aromatic heterocycles. The third kappa shape index (κ3) is 14.8. The normalized spacial score (nSPS) is 24.8. The summed E-state index contributed by atoms with van der Waals surface area (Å²) in [6.45, 7) is 6.68. The summed E-state index contributed by atoms with van der Waals surface area (Å²) in [5.74, 6) is 0. The highest BCUT2D eigenvalue weighted by Gasteiger charge is 2.24. The molecule has 2 atom stereocenters. The molecule has 4 heteroatoms. The fourth-order valence-corrected chi connectivity index (χ4v) is 3.71. The van der Waals surface area contributed by atoms with Crippen molar-refractivity contribution in [1.82, 2.24) is 0 Å². The topological polar surface area (TPSA) is 43.5 Å². The Balaban J connectivity index is 0.000000202. The van der Waals surface area contributed by atoms with Gasteiger partial charge in [-0.05, 0) is 19.3 Å². The van der Waals surface area contributed by atoms with Crippen LogP contribution >= 0.6 is 0 Å². The molecule has 0 aromatic rings. The molecule has 1 saturated carbocycles. The van der Waals surface area contributed by atoms with Gasteiger partial charge in [0.25, 0.3) is 0 Å². The summed E-state index contributed by atoms with van der Waals surface area (Å²) in [5.41, 5.74) is 0. The van der Waals surface area contributed by atoms with Crippen LogP contribution in [-0.4, -0.2) is 51.3 Å². The predicted octanol–water partition coefficient (Wildman–Crippen LogP) is 6.06. The van der Waals surface area contributed by atoms with Crippen LogP contribution in [0.3, 0.4) is 0 Å². The van der Waals surface area contributed by atoms with Crippen LogP contribution in [0.2, 0.25) is 0 Å². The van der Waals surface area contributed by atoms with Crippen molar-refractivity contribution >= 4 is 0 Å². The average Bonchev–Trinajstić information content (AvgIpc) is 3.58. The largest absolute Gasteiger partial charge is 0.379 e. The molecular weight excluding hydrogens is 352 g/mol. The number of hydrogen-bond donors (Lipinski definition) is 0. The summed E-state index contributed by atoms with van der Waals surface area (Å²) in [4.78, 5) is 0. The first-order valence-electron chi connectivity index (χ1n) is 12.3. The van der Waals surface area contributed by atoms with Crippen LogP contribution in [-0.2, 0) is 18.9 Å². The fourth-order valence-electron chi connectivity index (χ4n) is 3.71. The van der Waals surface area contributed by atoms with Gasteiger partial charge in [-0.2, -0.15) is 0 Å². The lowest BCUT2D eigenvalue weighted by Crippen LogP contribution is -2.17. The molecule has 3 fully saturated rings. The zero-order chi connectivity index (χ0) is 19.7. The first kappa shape index (κ1) is 24.1. The SMILES string of the molecule is C1CCCC(OCC2CO2)CCC1.CCCCCCCCCCOCC1CO1. The summed E-state index contributed by atoms with van der Waals surface area (Å²) in [7, 11) is 0. The Bertz CT molecular complexity index is 333. The van der Waals surface area contributed by atoms with Crippen molar-refractivity contribution < 1.29 is 18.9 Å². The van der Waals surface area contributed by atoms with Crippen LogP contribution < -0.4 is 0 Å². The highest BCUT2D eigenvalue weighted by atomic mass is 16.6. The van der Waals surface area contributed by atoms with E-state index in [0.29, 0.717) is 18.3 Å². The van der Waals surface area contributed by atoms with Crippen LogP contribution in [0.15, 0.2) is 0 Å². The van der Waals surface area contributed by atoms with E-state index in [9.17, 15) is 0 Å². The van der Waals surface area contributed by atoms with E-state index in [1.165, 1.54) is 96.3 Å². The van der Waals surface area contributed by atoms with Crippen molar-refractivity contribution in [3.8, 4) is 0 Å². The standard InChI is InChI=1S/C13H26O2.C11H20O2/c1-2-3-4-5-6-7-8-9-10-14-11-13-12-15-13;1-2-4-6-10(7-5-3-1)12-8-11-9-13-11/h13H,2-12H2,1H3;10-11H,1-9H2. The fraction of sp³-hybridized carbons (Fsp3) is 1.00. The second kappa shape index (κ2) is 16.6. The maximum Gasteiger partial charge on any atom is 0.104 e. The molecule has 2 saturated heterocycles. The zero-order valence-electron chi connectivity index (χ0n) is 18.5. The van der Waals surface area contributed by atoms with Crippen LogP contribution in [0.1, 0.15) is 103 Å². The van der Waals surface area contributed by atoms with E-state index in [1.54, 1.807) is 0 Å². The second-order valence-corrected chi connectivity index (χ2v) is 8.76. The molecule has 2 aliphatic heterocycles. The summed E-state index contributed by atoms with van der Waals surface area (Å²) in [5, 5.41) is 0. The van der Waals surface area contributed by atoms with E-state index in [-0.39, 0.29) is 0 Å². The summed E-state index contributed by atoms with van der Waals surface area (Å²) >= 11 is 0. The third-order valence-electron chi connectivity index (χ3n) is 5.82. The lowest BCUT2D eigenvalue weighted by atomic mass is 9.99. The van der Waals surface area contributed by atoms with Crippen LogP contribution in [0, 0.1) is 0 Å². The number of hydrogen-bond acceptors (Lipinski definition) is 4. The minimum Gasteiger partial charge on any atom is -0.379 e. The second-order valence-electron chi connectivity index (χ2n) is 8.76. The van der Waals surface area contributed by atoms with E-state index < -0.39 is 0 Å². The molecular formula is C24H46O4. The molecule has 2 unspecified atom stereocenters. The predicted molar refractivity (Wildman–Crippen MR) is 115 cm³/mol. The van der Waals surface area contributed by atoms with Gasteiger partial charge in [0.2, 0.25) is 0 Å².